The lowest BCUT2D eigenvalue weighted by atomic mass is 9.93. The van der Waals surface area contributed by atoms with Crippen molar-refractivity contribution in [1.29, 1.82) is 0 Å². The van der Waals surface area contributed by atoms with Crippen LogP contribution < -0.4 is 5.32 Å². The monoisotopic (exact) mass is 418 g/mol. The molecule has 0 spiro atoms. The maximum Gasteiger partial charge on any atom is 0.165 e. The highest BCUT2D eigenvalue weighted by molar-refractivity contribution is 9.10. The summed E-state index contributed by atoms with van der Waals surface area (Å²) in [7, 11) is 0. The van der Waals surface area contributed by atoms with E-state index in [4.69, 9.17) is 4.98 Å². The fraction of sp³-hybridized carbons (Fsp3) is 0.182. The molecular weight excluding hydrogens is 400 g/mol. The van der Waals surface area contributed by atoms with Crippen molar-refractivity contribution >= 4 is 32.8 Å². The fourth-order valence-electron chi connectivity index (χ4n) is 3.46. The average Bonchev–Trinajstić information content (AvgIpc) is 3.04. The number of hydrogen-bond donors (Lipinski definition) is 1. The van der Waals surface area contributed by atoms with Crippen LogP contribution in [0.2, 0.25) is 0 Å². The number of benzene rings is 2. The molecule has 1 fully saturated rings. The molecule has 5 rings (SSSR count). The van der Waals surface area contributed by atoms with Gasteiger partial charge in [-0.3, -0.25) is 4.57 Å². The van der Waals surface area contributed by atoms with Gasteiger partial charge in [-0.15, -0.1) is 0 Å². The summed E-state index contributed by atoms with van der Waals surface area (Å²) in [4.78, 5) is 9.50. The zero-order valence-corrected chi connectivity index (χ0v) is 16.4. The van der Waals surface area contributed by atoms with E-state index in [1.165, 1.54) is 24.9 Å². The van der Waals surface area contributed by atoms with Crippen molar-refractivity contribution in [2.45, 2.75) is 25.3 Å². The number of fused-ring (bicyclic) bond motifs is 1. The molecule has 2 heterocycles. The van der Waals surface area contributed by atoms with Gasteiger partial charge in [-0.1, -0.05) is 30.3 Å². The maximum atomic E-state index is 4.87. The molecular formula is C22H19BrN4. The third-order valence-electron chi connectivity index (χ3n) is 5.10. The summed E-state index contributed by atoms with van der Waals surface area (Å²) in [5.74, 6) is 0.899. The van der Waals surface area contributed by atoms with Crippen LogP contribution in [0, 0.1) is 0 Å². The van der Waals surface area contributed by atoms with Crippen LogP contribution >= 0.6 is 15.9 Å². The van der Waals surface area contributed by atoms with Gasteiger partial charge in [0.1, 0.15) is 11.3 Å². The number of anilines is 1. The van der Waals surface area contributed by atoms with Crippen LogP contribution in [0.5, 0.6) is 0 Å². The molecule has 0 radical (unpaired) electrons. The first-order valence-electron chi connectivity index (χ1n) is 9.24. The Kier molecular flexibility index (Phi) is 4.17. The van der Waals surface area contributed by atoms with Crippen molar-refractivity contribution < 1.29 is 0 Å². The fourth-order valence-corrected chi connectivity index (χ4v) is 3.78. The minimum Gasteiger partial charge on any atom is -0.382 e. The Morgan fingerprint density at radius 2 is 1.78 bits per heavy atom. The standard InChI is InChI=1S/C22H19BrN4/c23-16-13-20-22(24-14-16)27(21(26-20)15-5-2-1-3-6-15)19-11-9-18(10-12-19)25-17-7-4-8-17/h1-3,5-6,9-14,17,25H,4,7-8H2. The summed E-state index contributed by atoms with van der Waals surface area (Å²) in [6.45, 7) is 0. The lowest BCUT2D eigenvalue weighted by Crippen LogP contribution is -2.26. The van der Waals surface area contributed by atoms with Crippen LogP contribution in [-0.4, -0.2) is 20.6 Å². The van der Waals surface area contributed by atoms with Gasteiger partial charge in [-0.25, -0.2) is 9.97 Å². The van der Waals surface area contributed by atoms with E-state index in [2.05, 4.69) is 67.2 Å². The van der Waals surface area contributed by atoms with Crippen LogP contribution in [-0.2, 0) is 0 Å². The van der Waals surface area contributed by atoms with E-state index in [9.17, 15) is 0 Å². The van der Waals surface area contributed by atoms with E-state index in [-0.39, 0.29) is 0 Å². The molecule has 1 aliphatic carbocycles. The molecule has 2 aromatic heterocycles. The molecule has 2 aromatic carbocycles. The molecule has 0 bridgehead atoms. The second kappa shape index (κ2) is 6.82. The molecule has 0 amide bonds. The van der Waals surface area contributed by atoms with Crippen LogP contribution in [0.25, 0.3) is 28.2 Å². The number of hydrogen-bond acceptors (Lipinski definition) is 3. The first-order chi connectivity index (χ1) is 13.3. The van der Waals surface area contributed by atoms with Gasteiger partial charge in [-0.2, -0.15) is 0 Å². The van der Waals surface area contributed by atoms with Gasteiger partial charge in [0.2, 0.25) is 0 Å². The smallest absolute Gasteiger partial charge is 0.165 e. The Balaban J connectivity index is 1.62. The topological polar surface area (TPSA) is 42.7 Å². The first kappa shape index (κ1) is 16.5. The predicted octanol–water partition coefficient (Wildman–Crippen LogP) is 5.81. The van der Waals surface area contributed by atoms with Gasteiger partial charge < -0.3 is 5.32 Å². The van der Waals surface area contributed by atoms with Crippen molar-refractivity contribution in [3.05, 3.63) is 71.3 Å². The van der Waals surface area contributed by atoms with Gasteiger partial charge >= 0.3 is 0 Å². The Hall–Kier alpha value is -2.66. The minimum atomic E-state index is 0.629. The van der Waals surface area contributed by atoms with Crippen LogP contribution in [0.4, 0.5) is 5.69 Å². The van der Waals surface area contributed by atoms with Crippen LogP contribution in [0.15, 0.2) is 71.3 Å². The van der Waals surface area contributed by atoms with Crippen molar-refractivity contribution in [3.8, 4) is 17.1 Å². The molecule has 0 aliphatic heterocycles. The molecule has 1 N–H and O–H groups in total. The Morgan fingerprint density at radius 1 is 1.00 bits per heavy atom. The number of nitrogens with one attached hydrogen (secondary N) is 1. The molecule has 4 nitrogen and oxygen atoms in total. The molecule has 0 unspecified atom stereocenters. The van der Waals surface area contributed by atoms with Crippen LogP contribution in [0.1, 0.15) is 19.3 Å². The van der Waals surface area contributed by atoms with Crippen molar-refractivity contribution in [2.75, 3.05) is 5.32 Å². The number of rotatable bonds is 4. The molecule has 0 atom stereocenters. The molecule has 0 saturated heterocycles. The van der Waals surface area contributed by atoms with E-state index in [0.29, 0.717) is 6.04 Å². The molecule has 4 aromatic rings. The van der Waals surface area contributed by atoms with Crippen molar-refractivity contribution in [3.63, 3.8) is 0 Å². The predicted molar refractivity (Wildman–Crippen MR) is 113 cm³/mol. The summed E-state index contributed by atoms with van der Waals surface area (Å²) in [6, 6.07) is 21.5. The Bertz CT molecular complexity index is 1080. The van der Waals surface area contributed by atoms with Crippen LogP contribution in [0.3, 0.4) is 0 Å². The average molecular weight is 419 g/mol. The second-order valence-corrected chi connectivity index (χ2v) is 7.87. The molecule has 1 aliphatic rings. The van der Waals surface area contributed by atoms with E-state index in [0.717, 1.165) is 32.7 Å². The number of pyridine rings is 1. The quantitative estimate of drug-likeness (QED) is 0.454. The van der Waals surface area contributed by atoms with Gasteiger partial charge in [-0.05, 0) is 65.5 Å². The SMILES string of the molecule is Brc1cnc2c(c1)nc(-c1ccccc1)n2-c1ccc(NC2CCC2)cc1. The number of halogens is 1. The van der Waals surface area contributed by atoms with E-state index in [1.54, 1.807) is 0 Å². The number of aromatic nitrogens is 3. The Labute approximate surface area is 166 Å². The summed E-state index contributed by atoms with van der Waals surface area (Å²) < 4.78 is 3.06. The number of imidazole rings is 1. The zero-order valence-electron chi connectivity index (χ0n) is 14.8. The number of nitrogens with zero attached hydrogens (tertiary/aromatic N) is 3. The molecule has 134 valence electrons. The van der Waals surface area contributed by atoms with Gasteiger partial charge in [0.25, 0.3) is 0 Å². The summed E-state index contributed by atoms with van der Waals surface area (Å²) >= 11 is 3.50. The van der Waals surface area contributed by atoms with Gasteiger partial charge in [0.05, 0.1) is 0 Å². The van der Waals surface area contributed by atoms with Gasteiger partial charge in [0, 0.05) is 33.6 Å². The zero-order chi connectivity index (χ0) is 18.2. The van der Waals surface area contributed by atoms with Crippen molar-refractivity contribution in [2.24, 2.45) is 0 Å². The lowest BCUT2D eigenvalue weighted by Gasteiger charge is -2.27. The molecule has 5 heteroatoms. The second-order valence-electron chi connectivity index (χ2n) is 6.95. The maximum absolute atomic E-state index is 4.87. The largest absolute Gasteiger partial charge is 0.382 e. The minimum absolute atomic E-state index is 0.629. The summed E-state index contributed by atoms with van der Waals surface area (Å²) in [5.41, 5.74) is 5.04. The first-order valence-corrected chi connectivity index (χ1v) is 10.0. The lowest BCUT2D eigenvalue weighted by molar-refractivity contribution is 0.445. The Morgan fingerprint density at radius 3 is 2.48 bits per heavy atom. The summed E-state index contributed by atoms with van der Waals surface area (Å²) in [6.07, 6.45) is 5.69. The highest BCUT2D eigenvalue weighted by atomic mass is 79.9. The third-order valence-corrected chi connectivity index (χ3v) is 5.53. The van der Waals surface area contributed by atoms with E-state index in [1.807, 2.05) is 30.5 Å². The molecule has 1 saturated carbocycles. The normalized spacial score (nSPS) is 14.3. The van der Waals surface area contributed by atoms with E-state index >= 15 is 0 Å². The van der Waals surface area contributed by atoms with Gasteiger partial charge in [0.15, 0.2) is 5.65 Å². The summed E-state index contributed by atoms with van der Waals surface area (Å²) in [5, 5.41) is 3.60. The molecule has 27 heavy (non-hydrogen) atoms. The van der Waals surface area contributed by atoms with Crippen molar-refractivity contribution in [1.82, 2.24) is 14.5 Å². The highest BCUT2D eigenvalue weighted by Crippen LogP contribution is 2.30. The van der Waals surface area contributed by atoms with E-state index < -0.39 is 0 Å². The third kappa shape index (κ3) is 3.12. The highest BCUT2D eigenvalue weighted by Gasteiger charge is 2.18.